The first kappa shape index (κ1) is 17.2. The summed E-state index contributed by atoms with van der Waals surface area (Å²) in [6.07, 6.45) is 4.02. The summed E-state index contributed by atoms with van der Waals surface area (Å²) in [5, 5.41) is 0. The standard InChI is InChI=1S/C20H23N3O3S/c24-27(25,15-6-2-1-3-7-15)22-12-16-17-13-23(19-8-4-5-11-21-19)14-20(17)10-9-18(16)26-20/h1-8,11,16-18,22H,9-10,12-14H2/t16-,17+,18+,20+/m0/s1. The van der Waals surface area contributed by atoms with Crippen LogP contribution in [0.15, 0.2) is 59.6 Å². The van der Waals surface area contributed by atoms with E-state index in [-0.39, 0.29) is 17.6 Å². The number of fused-ring (bicyclic) bond motifs is 1. The number of rotatable bonds is 5. The van der Waals surface area contributed by atoms with Crippen molar-refractivity contribution in [3.05, 3.63) is 54.7 Å². The monoisotopic (exact) mass is 385 g/mol. The number of aromatic nitrogens is 1. The van der Waals surface area contributed by atoms with Crippen LogP contribution in [0, 0.1) is 11.8 Å². The van der Waals surface area contributed by atoms with Crippen LogP contribution in [0.1, 0.15) is 12.8 Å². The van der Waals surface area contributed by atoms with Gasteiger partial charge in [0.15, 0.2) is 0 Å². The Morgan fingerprint density at radius 3 is 2.78 bits per heavy atom. The van der Waals surface area contributed by atoms with Crippen LogP contribution in [-0.4, -0.2) is 44.7 Å². The summed E-state index contributed by atoms with van der Waals surface area (Å²) >= 11 is 0. The number of anilines is 1. The van der Waals surface area contributed by atoms with Crippen LogP contribution in [0.5, 0.6) is 0 Å². The van der Waals surface area contributed by atoms with Crippen molar-refractivity contribution in [2.75, 3.05) is 24.5 Å². The first-order chi connectivity index (χ1) is 13.1. The maximum absolute atomic E-state index is 12.6. The molecule has 4 atom stereocenters. The van der Waals surface area contributed by atoms with E-state index >= 15 is 0 Å². The second kappa shape index (κ2) is 6.29. The van der Waals surface area contributed by atoms with Crippen molar-refractivity contribution in [1.29, 1.82) is 0 Å². The molecule has 3 aliphatic heterocycles. The first-order valence-electron chi connectivity index (χ1n) is 9.46. The van der Waals surface area contributed by atoms with E-state index in [1.165, 1.54) is 0 Å². The number of hydrogen-bond donors (Lipinski definition) is 1. The van der Waals surface area contributed by atoms with E-state index in [1.54, 1.807) is 24.3 Å². The molecule has 2 aromatic rings. The molecule has 3 aliphatic rings. The van der Waals surface area contributed by atoms with E-state index in [1.807, 2.05) is 30.5 Å². The highest BCUT2D eigenvalue weighted by atomic mass is 32.2. The Morgan fingerprint density at radius 2 is 2.00 bits per heavy atom. The topological polar surface area (TPSA) is 71.5 Å². The van der Waals surface area contributed by atoms with Gasteiger partial charge in [-0.15, -0.1) is 0 Å². The number of pyridine rings is 1. The van der Waals surface area contributed by atoms with Gasteiger partial charge in [-0.3, -0.25) is 0 Å². The van der Waals surface area contributed by atoms with Crippen molar-refractivity contribution >= 4 is 15.8 Å². The van der Waals surface area contributed by atoms with Gasteiger partial charge < -0.3 is 9.64 Å². The Balaban J connectivity index is 1.33. The van der Waals surface area contributed by atoms with Crippen LogP contribution in [-0.2, 0) is 14.8 Å². The summed E-state index contributed by atoms with van der Waals surface area (Å²) in [6.45, 7) is 2.13. The number of hydrogen-bond acceptors (Lipinski definition) is 5. The van der Waals surface area contributed by atoms with Gasteiger partial charge in [-0.2, -0.15) is 0 Å². The second-order valence-electron chi connectivity index (χ2n) is 7.76. The number of sulfonamides is 1. The highest BCUT2D eigenvalue weighted by Crippen LogP contribution is 2.55. The summed E-state index contributed by atoms with van der Waals surface area (Å²) in [5.41, 5.74) is -0.148. The molecular formula is C20H23N3O3S. The molecule has 7 heteroatoms. The van der Waals surface area contributed by atoms with E-state index in [4.69, 9.17) is 4.74 Å². The fourth-order valence-corrected chi connectivity index (χ4v) is 6.16. The lowest BCUT2D eigenvalue weighted by atomic mass is 9.74. The van der Waals surface area contributed by atoms with Crippen LogP contribution < -0.4 is 9.62 Å². The normalized spacial score (nSPS) is 32.0. The highest BCUT2D eigenvalue weighted by Gasteiger charge is 2.63. The lowest BCUT2D eigenvalue weighted by Gasteiger charge is -2.29. The number of nitrogens with zero attached hydrogens (tertiary/aromatic N) is 2. The minimum Gasteiger partial charge on any atom is -0.369 e. The predicted molar refractivity (Wildman–Crippen MR) is 102 cm³/mol. The van der Waals surface area contributed by atoms with Crippen molar-refractivity contribution in [2.45, 2.75) is 29.4 Å². The van der Waals surface area contributed by atoms with Gasteiger partial charge in [0.1, 0.15) is 5.82 Å². The molecule has 142 valence electrons. The molecule has 1 spiro atoms. The van der Waals surface area contributed by atoms with Gasteiger partial charge in [0.05, 0.1) is 16.6 Å². The number of nitrogens with one attached hydrogen (secondary N) is 1. The third-order valence-corrected chi connectivity index (χ3v) is 7.76. The molecule has 1 N–H and O–H groups in total. The summed E-state index contributed by atoms with van der Waals surface area (Å²) < 4.78 is 34.4. The molecule has 1 aromatic carbocycles. The van der Waals surface area contributed by atoms with Crippen LogP contribution in [0.4, 0.5) is 5.82 Å². The third kappa shape index (κ3) is 2.85. The van der Waals surface area contributed by atoms with E-state index in [2.05, 4.69) is 14.6 Å². The fourth-order valence-electron chi connectivity index (χ4n) is 5.07. The second-order valence-corrected chi connectivity index (χ2v) is 9.53. The summed E-state index contributed by atoms with van der Waals surface area (Å²) in [7, 11) is -3.49. The molecule has 0 aliphatic carbocycles. The first-order valence-corrected chi connectivity index (χ1v) is 10.9. The Morgan fingerprint density at radius 1 is 1.19 bits per heavy atom. The van der Waals surface area contributed by atoms with Crippen molar-refractivity contribution < 1.29 is 13.2 Å². The molecule has 27 heavy (non-hydrogen) atoms. The molecule has 1 aromatic heterocycles. The van der Waals surface area contributed by atoms with Crippen LogP contribution >= 0.6 is 0 Å². The van der Waals surface area contributed by atoms with Crippen LogP contribution in [0.2, 0.25) is 0 Å². The molecule has 0 amide bonds. The lowest BCUT2D eigenvalue weighted by Crippen LogP contribution is -2.41. The van der Waals surface area contributed by atoms with Gasteiger partial charge in [0, 0.05) is 37.7 Å². The van der Waals surface area contributed by atoms with Crippen LogP contribution in [0.3, 0.4) is 0 Å². The molecule has 3 fully saturated rings. The van der Waals surface area contributed by atoms with E-state index < -0.39 is 10.0 Å². The summed E-state index contributed by atoms with van der Waals surface area (Å²) in [4.78, 5) is 7.07. The van der Waals surface area contributed by atoms with E-state index in [0.29, 0.717) is 17.4 Å². The zero-order chi connectivity index (χ0) is 18.5. The minimum atomic E-state index is -3.49. The predicted octanol–water partition coefficient (Wildman–Crippen LogP) is 2.04. The lowest BCUT2D eigenvalue weighted by molar-refractivity contribution is 0.0142. The SMILES string of the molecule is O=S(=O)(NC[C@H]1[C@H]2CN(c3ccccn3)C[C@]23CC[C@H]1O3)c1ccccc1. The van der Waals surface area contributed by atoms with Gasteiger partial charge in [0.25, 0.3) is 0 Å². The zero-order valence-corrected chi connectivity index (χ0v) is 15.8. The van der Waals surface area contributed by atoms with Crippen molar-refractivity contribution in [3.8, 4) is 0 Å². The molecule has 2 bridgehead atoms. The van der Waals surface area contributed by atoms with Gasteiger partial charge in [-0.1, -0.05) is 24.3 Å². The average molecular weight is 385 g/mol. The number of benzene rings is 1. The van der Waals surface area contributed by atoms with E-state index in [9.17, 15) is 8.42 Å². The summed E-state index contributed by atoms with van der Waals surface area (Å²) in [5.74, 6) is 1.50. The van der Waals surface area contributed by atoms with Gasteiger partial charge in [0.2, 0.25) is 10.0 Å². The van der Waals surface area contributed by atoms with Crippen molar-refractivity contribution in [1.82, 2.24) is 9.71 Å². The Hall–Kier alpha value is -1.96. The van der Waals surface area contributed by atoms with Gasteiger partial charge in [-0.25, -0.2) is 18.1 Å². The average Bonchev–Trinajstić information content (AvgIpc) is 3.36. The number of ether oxygens (including phenoxy) is 1. The van der Waals surface area contributed by atoms with E-state index in [0.717, 1.165) is 31.7 Å². The molecule has 0 saturated carbocycles. The van der Waals surface area contributed by atoms with Crippen LogP contribution in [0.25, 0.3) is 0 Å². The highest BCUT2D eigenvalue weighted by molar-refractivity contribution is 7.89. The maximum atomic E-state index is 12.6. The Labute approximate surface area is 159 Å². The third-order valence-electron chi connectivity index (χ3n) is 6.32. The van der Waals surface area contributed by atoms with Gasteiger partial charge >= 0.3 is 0 Å². The van der Waals surface area contributed by atoms with Crippen molar-refractivity contribution in [3.63, 3.8) is 0 Å². The molecule has 6 nitrogen and oxygen atoms in total. The Bertz CT molecular complexity index is 922. The fraction of sp³-hybridized carbons (Fsp3) is 0.450. The molecule has 3 saturated heterocycles. The largest absolute Gasteiger partial charge is 0.369 e. The zero-order valence-electron chi connectivity index (χ0n) is 15.0. The summed E-state index contributed by atoms with van der Waals surface area (Å²) in [6, 6.07) is 14.5. The van der Waals surface area contributed by atoms with Gasteiger partial charge in [-0.05, 0) is 37.1 Å². The molecule has 4 heterocycles. The van der Waals surface area contributed by atoms with Crippen molar-refractivity contribution in [2.24, 2.45) is 11.8 Å². The molecular weight excluding hydrogens is 362 g/mol. The minimum absolute atomic E-state index is 0.148. The molecule has 0 radical (unpaired) electrons. The molecule has 5 rings (SSSR count). The quantitative estimate of drug-likeness (QED) is 0.853. The maximum Gasteiger partial charge on any atom is 0.240 e. The Kier molecular flexibility index (Phi) is 4.00. The molecule has 0 unspecified atom stereocenters. The smallest absolute Gasteiger partial charge is 0.240 e.